The number of hydrogen-bond acceptors (Lipinski definition) is 5. The summed E-state index contributed by atoms with van der Waals surface area (Å²) in [5.41, 5.74) is 1.67. The van der Waals surface area contributed by atoms with Crippen LogP contribution in [0, 0.1) is 0 Å². The number of halogens is 3. The van der Waals surface area contributed by atoms with Crippen LogP contribution in [-0.4, -0.2) is 22.6 Å². The van der Waals surface area contributed by atoms with Crippen molar-refractivity contribution in [1.29, 1.82) is 0 Å². The summed E-state index contributed by atoms with van der Waals surface area (Å²) in [6, 6.07) is 12.5. The van der Waals surface area contributed by atoms with Gasteiger partial charge in [0, 0.05) is 5.56 Å². The van der Waals surface area contributed by atoms with Crippen molar-refractivity contribution in [2.75, 3.05) is 6.61 Å². The normalized spacial score (nSPS) is 18.9. The van der Waals surface area contributed by atoms with Gasteiger partial charge in [0.2, 0.25) is 11.8 Å². The molecule has 1 unspecified atom stereocenters. The Bertz CT molecular complexity index is 997. The van der Waals surface area contributed by atoms with Crippen LogP contribution in [0.4, 0.5) is 13.2 Å². The summed E-state index contributed by atoms with van der Waals surface area (Å²) in [6.45, 7) is 3.94. The highest BCUT2D eigenvalue weighted by atomic mass is 19.4. The lowest BCUT2D eigenvalue weighted by Gasteiger charge is -2.15. The van der Waals surface area contributed by atoms with E-state index >= 15 is 0 Å². The van der Waals surface area contributed by atoms with Crippen molar-refractivity contribution in [3.05, 3.63) is 71.1 Å². The lowest BCUT2D eigenvalue weighted by molar-refractivity contribution is -0.141. The molecule has 1 fully saturated rings. The van der Waals surface area contributed by atoms with Gasteiger partial charge in [0.05, 0.1) is 12.2 Å². The van der Waals surface area contributed by atoms with Crippen molar-refractivity contribution in [2.45, 2.75) is 38.3 Å². The molecular formula is C21H19F3N2O3. The molecule has 0 saturated carbocycles. The first-order valence-corrected chi connectivity index (χ1v) is 9.11. The number of nitrogens with zero attached hydrogens (tertiary/aromatic N) is 2. The van der Waals surface area contributed by atoms with E-state index in [1.54, 1.807) is 0 Å². The van der Waals surface area contributed by atoms with Gasteiger partial charge in [0.1, 0.15) is 0 Å². The van der Waals surface area contributed by atoms with Crippen molar-refractivity contribution in [3.63, 3.8) is 0 Å². The van der Waals surface area contributed by atoms with Gasteiger partial charge >= 0.3 is 6.18 Å². The van der Waals surface area contributed by atoms with Crippen LogP contribution in [-0.2, 0) is 22.1 Å². The molecule has 0 N–H and O–H groups in total. The Hall–Kier alpha value is -2.71. The topological polar surface area (TPSA) is 57.4 Å². The smallest absolute Gasteiger partial charge is 0.416 e. The molecule has 2 heterocycles. The van der Waals surface area contributed by atoms with Crippen molar-refractivity contribution < 1.29 is 27.1 Å². The second-order valence-corrected chi connectivity index (χ2v) is 7.29. The van der Waals surface area contributed by atoms with Gasteiger partial charge in [0.25, 0.3) is 0 Å². The average Bonchev–Trinajstić information content (AvgIpc) is 3.28. The highest BCUT2D eigenvalue weighted by Gasteiger charge is 2.37. The molecule has 1 atom stereocenters. The van der Waals surface area contributed by atoms with E-state index in [0.717, 1.165) is 28.8 Å². The molecule has 4 rings (SSSR count). The summed E-state index contributed by atoms with van der Waals surface area (Å²) >= 11 is 0. The van der Waals surface area contributed by atoms with E-state index in [1.165, 1.54) is 12.1 Å². The first kappa shape index (κ1) is 19.6. The number of alkyl halides is 3. The molecule has 3 aromatic rings. The van der Waals surface area contributed by atoms with Crippen LogP contribution in [0.1, 0.15) is 42.5 Å². The van der Waals surface area contributed by atoms with E-state index in [1.807, 2.05) is 38.1 Å². The Balaban J connectivity index is 1.56. The van der Waals surface area contributed by atoms with Gasteiger partial charge in [-0.1, -0.05) is 30.3 Å². The Morgan fingerprint density at radius 1 is 1.03 bits per heavy atom. The fourth-order valence-corrected chi connectivity index (χ4v) is 3.20. The van der Waals surface area contributed by atoms with Crippen LogP contribution >= 0.6 is 0 Å². The third-order valence-corrected chi connectivity index (χ3v) is 4.65. The molecule has 0 spiro atoms. The minimum absolute atomic E-state index is 0.321. The van der Waals surface area contributed by atoms with Gasteiger partial charge in [-0.25, -0.2) is 0 Å². The van der Waals surface area contributed by atoms with Crippen LogP contribution < -0.4 is 0 Å². The van der Waals surface area contributed by atoms with Crippen LogP contribution in [0.2, 0.25) is 0 Å². The maximum absolute atomic E-state index is 12.8. The quantitative estimate of drug-likeness (QED) is 0.600. The number of ether oxygens (including phenoxy) is 2. The highest BCUT2D eigenvalue weighted by Crippen LogP contribution is 2.34. The lowest BCUT2D eigenvalue weighted by atomic mass is 9.99. The summed E-state index contributed by atoms with van der Waals surface area (Å²) in [4.78, 5) is 0. The summed E-state index contributed by atoms with van der Waals surface area (Å²) in [7, 11) is 0. The van der Waals surface area contributed by atoms with E-state index in [-0.39, 0.29) is 0 Å². The third kappa shape index (κ3) is 4.33. The summed E-state index contributed by atoms with van der Waals surface area (Å²) < 4.78 is 55.4. The highest BCUT2D eigenvalue weighted by molar-refractivity contribution is 5.59. The Labute approximate surface area is 165 Å². The van der Waals surface area contributed by atoms with Gasteiger partial charge < -0.3 is 13.9 Å². The van der Waals surface area contributed by atoms with E-state index in [0.29, 0.717) is 24.8 Å². The Morgan fingerprint density at radius 2 is 1.76 bits per heavy atom. The predicted octanol–water partition coefficient (Wildman–Crippen LogP) is 5.17. The molecule has 0 amide bonds. The molecule has 1 aliphatic heterocycles. The largest absolute Gasteiger partial charge is 0.418 e. The fraction of sp³-hybridized carbons (Fsp3) is 0.333. The van der Waals surface area contributed by atoms with Gasteiger partial charge in [-0.05, 0) is 49.6 Å². The molecule has 2 aromatic carbocycles. The van der Waals surface area contributed by atoms with E-state index in [4.69, 9.17) is 13.9 Å². The second kappa shape index (κ2) is 7.27. The van der Waals surface area contributed by atoms with Crippen LogP contribution in [0.5, 0.6) is 0 Å². The standard InChI is InChI=1S/C21H19F3N2O3/c1-20(2)27-12-17(29-20)19-26-25-18(28-19)16-6-4-3-5-14(16)11-13-7-9-15(10-8-13)21(22,23)24/h3-10,17H,11-12H2,1-2H3. The summed E-state index contributed by atoms with van der Waals surface area (Å²) in [5.74, 6) is -0.0505. The first-order valence-electron chi connectivity index (χ1n) is 9.11. The SMILES string of the molecule is CC1(C)OCC(c2nnc(-c3ccccc3Cc3ccc(C(F)(F)F)cc3)o2)O1. The minimum Gasteiger partial charge on any atom is -0.418 e. The molecule has 8 heteroatoms. The van der Waals surface area contributed by atoms with Crippen LogP contribution in [0.15, 0.2) is 52.9 Å². The molecule has 29 heavy (non-hydrogen) atoms. The molecule has 0 bridgehead atoms. The maximum atomic E-state index is 12.8. The number of hydrogen-bond donors (Lipinski definition) is 0. The van der Waals surface area contributed by atoms with Crippen LogP contribution in [0.3, 0.4) is 0 Å². The zero-order chi connectivity index (χ0) is 20.6. The molecule has 1 saturated heterocycles. The minimum atomic E-state index is -4.35. The zero-order valence-corrected chi connectivity index (χ0v) is 15.9. The molecule has 152 valence electrons. The predicted molar refractivity (Wildman–Crippen MR) is 97.8 cm³/mol. The average molecular weight is 404 g/mol. The van der Waals surface area contributed by atoms with Gasteiger partial charge in [-0.15, -0.1) is 10.2 Å². The molecule has 1 aliphatic rings. The second-order valence-electron chi connectivity index (χ2n) is 7.29. The van der Waals surface area contributed by atoms with Crippen molar-refractivity contribution >= 4 is 0 Å². The van der Waals surface area contributed by atoms with E-state index in [9.17, 15) is 13.2 Å². The Morgan fingerprint density at radius 3 is 2.41 bits per heavy atom. The zero-order valence-electron chi connectivity index (χ0n) is 15.9. The Kier molecular flexibility index (Phi) is 4.92. The number of rotatable bonds is 4. The van der Waals surface area contributed by atoms with Crippen molar-refractivity contribution in [2.24, 2.45) is 0 Å². The lowest BCUT2D eigenvalue weighted by Crippen LogP contribution is -2.19. The molecular weight excluding hydrogens is 385 g/mol. The van der Waals surface area contributed by atoms with E-state index < -0.39 is 23.6 Å². The number of benzene rings is 2. The molecule has 0 aliphatic carbocycles. The monoisotopic (exact) mass is 404 g/mol. The molecule has 0 radical (unpaired) electrons. The van der Waals surface area contributed by atoms with Crippen molar-refractivity contribution in [1.82, 2.24) is 10.2 Å². The first-order chi connectivity index (χ1) is 13.7. The van der Waals surface area contributed by atoms with E-state index in [2.05, 4.69) is 10.2 Å². The fourth-order valence-electron chi connectivity index (χ4n) is 3.20. The molecule has 1 aromatic heterocycles. The number of aromatic nitrogens is 2. The molecule has 5 nitrogen and oxygen atoms in total. The third-order valence-electron chi connectivity index (χ3n) is 4.65. The van der Waals surface area contributed by atoms with Gasteiger partial charge in [-0.3, -0.25) is 0 Å². The van der Waals surface area contributed by atoms with Crippen LogP contribution in [0.25, 0.3) is 11.5 Å². The van der Waals surface area contributed by atoms with Gasteiger partial charge in [-0.2, -0.15) is 13.2 Å². The van der Waals surface area contributed by atoms with Crippen molar-refractivity contribution in [3.8, 4) is 11.5 Å². The maximum Gasteiger partial charge on any atom is 0.416 e. The van der Waals surface area contributed by atoms with Gasteiger partial charge in [0.15, 0.2) is 11.9 Å². The summed E-state index contributed by atoms with van der Waals surface area (Å²) in [5, 5.41) is 8.21. The summed E-state index contributed by atoms with van der Waals surface area (Å²) in [6.07, 6.45) is -4.35.